The van der Waals surface area contributed by atoms with Gasteiger partial charge in [-0.1, -0.05) is 66.7 Å². The van der Waals surface area contributed by atoms with Crippen molar-refractivity contribution in [2.24, 2.45) is 0 Å². The molecule has 1 aliphatic heterocycles. The monoisotopic (exact) mass is 662 g/mol. The molecule has 5 atom stereocenters. The van der Waals surface area contributed by atoms with E-state index in [4.69, 9.17) is 23.7 Å². The number of hydrogen-bond acceptors (Lipinski definition) is 14. The van der Waals surface area contributed by atoms with Crippen molar-refractivity contribution in [1.29, 1.82) is 0 Å². The molecular formula is C34H36N3O11-3. The summed E-state index contributed by atoms with van der Waals surface area (Å²) in [6.07, 6.45) is -3.68. The fourth-order valence-electron chi connectivity index (χ4n) is 5.19. The van der Waals surface area contributed by atoms with Gasteiger partial charge >= 0.3 is 0 Å². The third kappa shape index (κ3) is 9.47. The van der Waals surface area contributed by atoms with Crippen LogP contribution in [0.5, 0.6) is 0 Å². The van der Waals surface area contributed by atoms with E-state index in [1.807, 2.05) is 37.3 Å². The normalized spacial score (nSPS) is 20.8. The SMILES string of the molecule is CC1OC(OCc2ccc(N([O-])O)cc2)C(OCc2ccccc2)C(OCc2ccc(N([O-])O)cc2)C1OCc1ccc(N([O-])O)cc1. The predicted octanol–water partition coefficient (Wildman–Crippen LogP) is 5.78. The van der Waals surface area contributed by atoms with Gasteiger partial charge < -0.3 is 55.0 Å². The minimum atomic E-state index is -0.917. The quantitative estimate of drug-likeness (QED) is 0.130. The molecule has 0 amide bonds. The van der Waals surface area contributed by atoms with Crippen LogP contribution < -0.4 is 15.7 Å². The Balaban J connectivity index is 1.39. The van der Waals surface area contributed by atoms with Crippen molar-refractivity contribution >= 4 is 17.1 Å². The summed E-state index contributed by atoms with van der Waals surface area (Å²) in [4.78, 5) is 0. The average molecular weight is 663 g/mol. The van der Waals surface area contributed by atoms with Crippen LogP contribution in [-0.2, 0) is 50.1 Å². The molecule has 1 aliphatic rings. The number of benzene rings is 4. The number of rotatable bonds is 15. The molecule has 14 heteroatoms. The molecule has 256 valence electrons. The van der Waals surface area contributed by atoms with Crippen LogP contribution in [0.25, 0.3) is 0 Å². The van der Waals surface area contributed by atoms with Gasteiger partial charge in [-0.25, -0.2) is 0 Å². The lowest BCUT2D eigenvalue weighted by Crippen LogP contribution is -2.60. The van der Waals surface area contributed by atoms with Crippen LogP contribution in [0.15, 0.2) is 103 Å². The Kier molecular flexibility index (Phi) is 12.3. The van der Waals surface area contributed by atoms with Gasteiger partial charge in [0.25, 0.3) is 0 Å². The predicted molar refractivity (Wildman–Crippen MR) is 174 cm³/mol. The summed E-state index contributed by atoms with van der Waals surface area (Å²) < 4.78 is 31.9. The molecular weight excluding hydrogens is 626 g/mol. The van der Waals surface area contributed by atoms with Gasteiger partial charge in [0.2, 0.25) is 0 Å². The van der Waals surface area contributed by atoms with Crippen molar-refractivity contribution in [1.82, 2.24) is 0 Å². The van der Waals surface area contributed by atoms with Crippen molar-refractivity contribution in [3.63, 3.8) is 0 Å². The van der Waals surface area contributed by atoms with Gasteiger partial charge in [-0.15, -0.1) is 0 Å². The van der Waals surface area contributed by atoms with Gasteiger partial charge in [0.05, 0.1) is 49.6 Å². The fraction of sp³-hybridized carbons (Fsp3) is 0.294. The Morgan fingerprint density at radius 3 is 1.27 bits per heavy atom. The van der Waals surface area contributed by atoms with Crippen molar-refractivity contribution in [2.45, 2.75) is 64.1 Å². The maximum absolute atomic E-state index is 11.3. The molecule has 1 saturated heterocycles. The maximum atomic E-state index is 11.3. The first-order valence-corrected chi connectivity index (χ1v) is 15.1. The average Bonchev–Trinajstić information content (AvgIpc) is 3.09. The van der Waals surface area contributed by atoms with Gasteiger partial charge in [0.15, 0.2) is 6.29 Å². The molecule has 0 bridgehead atoms. The maximum Gasteiger partial charge on any atom is 0.187 e. The highest BCUT2D eigenvalue weighted by Crippen LogP contribution is 2.32. The molecule has 1 fully saturated rings. The highest BCUT2D eigenvalue weighted by Gasteiger charge is 2.47. The molecule has 0 radical (unpaired) electrons. The van der Waals surface area contributed by atoms with Crippen molar-refractivity contribution < 1.29 is 39.3 Å². The summed E-state index contributed by atoms with van der Waals surface area (Å²) in [5.74, 6) is 0. The van der Waals surface area contributed by atoms with E-state index in [0.29, 0.717) is 5.56 Å². The van der Waals surface area contributed by atoms with Crippen LogP contribution in [0.4, 0.5) is 17.1 Å². The topological polar surface area (TPSA) is 186 Å². The van der Waals surface area contributed by atoms with Crippen LogP contribution in [-0.4, -0.2) is 46.3 Å². The van der Waals surface area contributed by atoms with Gasteiger partial charge in [0, 0.05) is 0 Å². The van der Waals surface area contributed by atoms with E-state index in [-0.39, 0.29) is 59.2 Å². The molecule has 5 unspecified atom stereocenters. The molecule has 14 nitrogen and oxygen atoms in total. The van der Waals surface area contributed by atoms with Gasteiger partial charge in [-0.05, 0) is 65.6 Å². The van der Waals surface area contributed by atoms with Crippen LogP contribution in [0.1, 0.15) is 29.2 Å². The summed E-state index contributed by atoms with van der Waals surface area (Å²) >= 11 is 0. The van der Waals surface area contributed by atoms with Gasteiger partial charge in [-0.2, -0.15) is 0 Å². The summed E-state index contributed by atoms with van der Waals surface area (Å²) in [5.41, 5.74) is 3.30. The molecule has 1 heterocycles. The number of anilines is 3. The standard InChI is InChI=1S/C34H36N3O11/c1-23-31(44-20-25-7-13-28(14-8-25)35(38)39)32(45-21-26-9-15-29(16-10-26)36(40)41)33(46-19-24-5-3-2-4-6-24)34(48-23)47-22-27-11-17-30(18-12-27)37(42)43/h2-18,23,31-34,38,40,42H,19-22H2,1H3/q-3. The second kappa shape index (κ2) is 16.8. The fourth-order valence-corrected chi connectivity index (χ4v) is 5.19. The molecule has 0 aromatic heterocycles. The largest absolute Gasteiger partial charge is 0.733 e. The molecule has 4 aromatic carbocycles. The highest BCUT2D eigenvalue weighted by atomic mass is 16.8. The lowest BCUT2D eigenvalue weighted by Gasteiger charge is -2.45. The Labute approximate surface area is 277 Å². The van der Waals surface area contributed by atoms with E-state index in [0.717, 1.165) is 16.7 Å². The van der Waals surface area contributed by atoms with Crippen molar-refractivity contribution in [3.05, 3.63) is 141 Å². The zero-order chi connectivity index (χ0) is 34.0. The third-order valence-corrected chi connectivity index (χ3v) is 7.78. The molecule has 0 aliphatic carbocycles. The van der Waals surface area contributed by atoms with Gasteiger partial charge in [-0.3, -0.25) is 15.6 Å². The van der Waals surface area contributed by atoms with Gasteiger partial charge in [0.1, 0.15) is 18.3 Å². The molecule has 0 spiro atoms. The minimum absolute atomic E-state index is 0.0690. The Morgan fingerprint density at radius 1 is 0.500 bits per heavy atom. The van der Waals surface area contributed by atoms with E-state index in [9.17, 15) is 31.2 Å². The van der Waals surface area contributed by atoms with Crippen LogP contribution in [0.3, 0.4) is 0 Å². The first-order valence-electron chi connectivity index (χ1n) is 15.1. The first-order chi connectivity index (χ1) is 23.2. The minimum Gasteiger partial charge on any atom is -0.733 e. The highest BCUT2D eigenvalue weighted by molar-refractivity contribution is 5.46. The van der Waals surface area contributed by atoms with Crippen molar-refractivity contribution in [3.8, 4) is 0 Å². The molecule has 5 rings (SSSR count). The second-order valence-electron chi connectivity index (χ2n) is 11.2. The Bertz CT molecular complexity index is 1530. The lowest BCUT2D eigenvalue weighted by molar-refractivity contribution is -0.322. The smallest absolute Gasteiger partial charge is 0.187 e. The van der Waals surface area contributed by atoms with E-state index in [1.54, 1.807) is 36.4 Å². The molecule has 0 saturated carbocycles. The lowest BCUT2D eigenvalue weighted by atomic mass is 9.98. The van der Waals surface area contributed by atoms with Crippen LogP contribution >= 0.6 is 0 Å². The molecule has 4 aromatic rings. The first kappa shape index (κ1) is 35.2. The number of nitrogens with zero attached hydrogens (tertiary/aromatic N) is 3. The molecule has 48 heavy (non-hydrogen) atoms. The third-order valence-electron chi connectivity index (χ3n) is 7.78. The number of hydrogen-bond donors (Lipinski definition) is 3. The summed E-state index contributed by atoms with van der Waals surface area (Å²) in [7, 11) is 0. The Morgan fingerprint density at radius 2 is 0.854 bits per heavy atom. The van der Waals surface area contributed by atoms with E-state index < -0.39 is 30.7 Å². The summed E-state index contributed by atoms with van der Waals surface area (Å²) in [6.45, 7) is 2.34. The van der Waals surface area contributed by atoms with Crippen LogP contribution in [0.2, 0.25) is 0 Å². The summed E-state index contributed by atoms with van der Waals surface area (Å²) in [6, 6.07) is 28.3. The Hall–Kier alpha value is -4.16. The van der Waals surface area contributed by atoms with E-state index >= 15 is 0 Å². The number of ether oxygens (including phenoxy) is 5. The second-order valence-corrected chi connectivity index (χ2v) is 11.2. The zero-order valence-electron chi connectivity index (χ0n) is 26.0. The van der Waals surface area contributed by atoms with E-state index in [1.165, 1.54) is 36.4 Å². The summed E-state index contributed by atoms with van der Waals surface area (Å²) in [5, 5.41) is 60.7. The van der Waals surface area contributed by atoms with Crippen molar-refractivity contribution in [2.75, 3.05) is 15.7 Å². The molecule has 3 N–H and O–H groups in total. The van der Waals surface area contributed by atoms with E-state index in [2.05, 4.69) is 0 Å². The van der Waals surface area contributed by atoms with Crippen LogP contribution in [0, 0.1) is 15.6 Å². The zero-order valence-corrected chi connectivity index (χ0v) is 26.0.